The van der Waals surface area contributed by atoms with Crippen LogP contribution >= 0.6 is 0 Å². The molecule has 0 rings (SSSR count). The van der Waals surface area contributed by atoms with Crippen molar-refractivity contribution in [1.29, 1.82) is 0 Å². The minimum absolute atomic E-state index is 0.355. The van der Waals surface area contributed by atoms with Crippen LogP contribution in [0.25, 0.3) is 10.4 Å². The lowest BCUT2D eigenvalue weighted by molar-refractivity contribution is -0.151. The normalized spacial score (nSPS) is 12.9. The van der Waals surface area contributed by atoms with Crippen molar-refractivity contribution < 1.29 is 9.53 Å². The van der Waals surface area contributed by atoms with Crippen LogP contribution in [-0.2, 0) is 9.53 Å². The van der Waals surface area contributed by atoms with Gasteiger partial charge < -0.3 is 4.74 Å². The highest BCUT2D eigenvalue weighted by molar-refractivity contribution is 5.76. The highest BCUT2D eigenvalue weighted by Gasteiger charge is 2.36. The van der Waals surface area contributed by atoms with E-state index in [1.54, 1.807) is 13.8 Å². The molecule has 0 aliphatic carbocycles. The molecule has 0 fully saturated rings. The molecular formula is C8H15N3O2. The molecule has 74 valence electrons. The van der Waals surface area contributed by atoms with Crippen LogP contribution in [0, 0.1) is 5.41 Å². The monoisotopic (exact) mass is 185 g/mol. The second-order valence-electron chi connectivity index (χ2n) is 3.34. The Hall–Kier alpha value is -1.22. The molecule has 0 aromatic heterocycles. The standard InChI is InChI=1S/C8H15N3O2/c1-5-6(10-11-9)8(2,3)7(12)13-4/h6H,5H2,1-4H3. The number of hydrogen-bond acceptors (Lipinski definition) is 3. The van der Waals surface area contributed by atoms with Gasteiger partial charge in [0.15, 0.2) is 0 Å². The molecule has 0 saturated heterocycles. The van der Waals surface area contributed by atoms with E-state index in [9.17, 15) is 4.79 Å². The molecule has 0 spiro atoms. The molecule has 0 aromatic rings. The van der Waals surface area contributed by atoms with Gasteiger partial charge in [0.2, 0.25) is 0 Å². The van der Waals surface area contributed by atoms with Crippen molar-refractivity contribution >= 4 is 5.97 Å². The molecule has 5 heteroatoms. The zero-order chi connectivity index (χ0) is 10.5. The molecule has 1 atom stereocenters. The Balaban J connectivity index is 4.75. The minimum atomic E-state index is -0.754. The molecule has 0 radical (unpaired) electrons. The minimum Gasteiger partial charge on any atom is -0.469 e. The van der Waals surface area contributed by atoms with E-state index in [1.807, 2.05) is 6.92 Å². The van der Waals surface area contributed by atoms with Gasteiger partial charge in [-0.05, 0) is 25.8 Å². The Labute approximate surface area is 77.7 Å². The maximum absolute atomic E-state index is 11.3. The van der Waals surface area contributed by atoms with Crippen molar-refractivity contribution in [2.45, 2.75) is 33.2 Å². The summed E-state index contributed by atoms with van der Waals surface area (Å²) >= 11 is 0. The van der Waals surface area contributed by atoms with Crippen molar-refractivity contribution in [3.8, 4) is 0 Å². The molecule has 0 aliphatic heterocycles. The summed E-state index contributed by atoms with van der Waals surface area (Å²) in [7, 11) is 1.33. The van der Waals surface area contributed by atoms with Crippen LogP contribution < -0.4 is 0 Å². The molecule has 0 N–H and O–H groups in total. The van der Waals surface area contributed by atoms with Gasteiger partial charge in [-0.25, -0.2) is 0 Å². The van der Waals surface area contributed by atoms with Crippen molar-refractivity contribution in [1.82, 2.24) is 0 Å². The van der Waals surface area contributed by atoms with E-state index in [1.165, 1.54) is 7.11 Å². The van der Waals surface area contributed by atoms with Crippen LogP contribution in [-0.4, -0.2) is 19.1 Å². The van der Waals surface area contributed by atoms with Gasteiger partial charge in [0.1, 0.15) is 0 Å². The summed E-state index contributed by atoms with van der Waals surface area (Å²) in [6.07, 6.45) is 0.617. The summed E-state index contributed by atoms with van der Waals surface area (Å²) in [4.78, 5) is 14.0. The Morgan fingerprint density at radius 2 is 2.23 bits per heavy atom. The summed E-state index contributed by atoms with van der Waals surface area (Å²) in [6, 6.07) is -0.357. The van der Waals surface area contributed by atoms with Crippen LogP contribution in [0.1, 0.15) is 27.2 Å². The van der Waals surface area contributed by atoms with Crippen LogP contribution in [0.4, 0.5) is 0 Å². The predicted molar refractivity (Wildman–Crippen MR) is 49.0 cm³/mol. The largest absolute Gasteiger partial charge is 0.469 e. The van der Waals surface area contributed by atoms with Crippen molar-refractivity contribution in [3.63, 3.8) is 0 Å². The number of nitrogens with zero attached hydrogens (tertiary/aromatic N) is 3. The molecule has 0 aromatic carbocycles. The molecule has 0 heterocycles. The van der Waals surface area contributed by atoms with E-state index in [-0.39, 0.29) is 12.0 Å². The number of carbonyl (C=O) groups is 1. The van der Waals surface area contributed by atoms with Gasteiger partial charge in [-0.15, -0.1) is 0 Å². The summed E-state index contributed by atoms with van der Waals surface area (Å²) in [5.41, 5.74) is 7.54. The van der Waals surface area contributed by atoms with E-state index in [0.29, 0.717) is 6.42 Å². The van der Waals surface area contributed by atoms with Gasteiger partial charge in [0, 0.05) is 4.91 Å². The van der Waals surface area contributed by atoms with Crippen LogP contribution in [0.3, 0.4) is 0 Å². The zero-order valence-corrected chi connectivity index (χ0v) is 8.44. The fraction of sp³-hybridized carbons (Fsp3) is 0.875. The molecule has 1 unspecified atom stereocenters. The number of carbonyl (C=O) groups excluding carboxylic acids is 1. The van der Waals surface area contributed by atoms with Gasteiger partial charge in [0.05, 0.1) is 18.6 Å². The zero-order valence-electron chi connectivity index (χ0n) is 8.44. The Kier molecular flexibility index (Phi) is 4.28. The van der Waals surface area contributed by atoms with Crippen LogP contribution in [0.5, 0.6) is 0 Å². The first-order chi connectivity index (χ1) is 6.00. The van der Waals surface area contributed by atoms with E-state index >= 15 is 0 Å². The van der Waals surface area contributed by atoms with Crippen LogP contribution in [0.2, 0.25) is 0 Å². The molecule has 13 heavy (non-hydrogen) atoms. The first-order valence-corrected chi connectivity index (χ1v) is 4.13. The van der Waals surface area contributed by atoms with E-state index in [4.69, 9.17) is 5.53 Å². The SMILES string of the molecule is CCC(N=[N+]=[N-])C(C)(C)C(=O)OC. The lowest BCUT2D eigenvalue weighted by atomic mass is 9.83. The maximum Gasteiger partial charge on any atom is 0.311 e. The predicted octanol–water partition coefficient (Wildman–Crippen LogP) is 2.27. The van der Waals surface area contributed by atoms with Gasteiger partial charge >= 0.3 is 5.97 Å². The third-order valence-electron chi connectivity index (χ3n) is 2.12. The Morgan fingerprint density at radius 1 is 1.69 bits per heavy atom. The van der Waals surface area contributed by atoms with E-state index < -0.39 is 5.41 Å². The number of methoxy groups -OCH3 is 1. The summed E-state index contributed by atoms with van der Waals surface area (Å²) in [5, 5.41) is 3.56. The second-order valence-corrected chi connectivity index (χ2v) is 3.34. The lowest BCUT2D eigenvalue weighted by Crippen LogP contribution is -2.36. The number of rotatable bonds is 4. The fourth-order valence-electron chi connectivity index (χ4n) is 1.20. The third kappa shape index (κ3) is 2.63. The van der Waals surface area contributed by atoms with Crippen LogP contribution in [0.15, 0.2) is 5.11 Å². The summed E-state index contributed by atoms with van der Waals surface area (Å²) in [5.74, 6) is -0.355. The Bertz CT molecular complexity index is 232. The van der Waals surface area contributed by atoms with Gasteiger partial charge in [-0.2, -0.15) is 0 Å². The summed E-state index contributed by atoms with van der Waals surface area (Å²) in [6.45, 7) is 5.29. The first kappa shape index (κ1) is 11.8. The molecular weight excluding hydrogens is 170 g/mol. The van der Waals surface area contributed by atoms with Gasteiger partial charge in [0.25, 0.3) is 0 Å². The average molecular weight is 185 g/mol. The van der Waals surface area contributed by atoms with Gasteiger partial charge in [-0.3, -0.25) is 4.79 Å². The van der Waals surface area contributed by atoms with Crippen molar-refractivity contribution in [3.05, 3.63) is 10.4 Å². The Morgan fingerprint density at radius 3 is 2.54 bits per heavy atom. The topological polar surface area (TPSA) is 75.1 Å². The van der Waals surface area contributed by atoms with E-state index in [0.717, 1.165) is 0 Å². The van der Waals surface area contributed by atoms with Gasteiger partial charge in [-0.1, -0.05) is 12.0 Å². The number of hydrogen-bond donors (Lipinski definition) is 0. The lowest BCUT2D eigenvalue weighted by Gasteiger charge is -2.26. The number of esters is 1. The third-order valence-corrected chi connectivity index (χ3v) is 2.12. The molecule has 0 amide bonds. The van der Waals surface area contributed by atoms with E-state index in [2.05, 4.69) is 14.8 Å². The van der Waals surface area contributed by atoms with Crippen molar-refractivity contribution in [2.24, 2.45) is 10.5 Å². The number of ether oxygens (including phenoxy) is 1. The average Bonchev–Trinajstić information content (AvgIpc) is 2.12. The molecule has 0 bridgehead atoms. The van der Waals surface area contributed by atoms with Crippen molar-refractivity contribution in [2.75, 3.05) is 7.11 Å². The smallest absolute Gasteiger partial charge is 0.311 e. The molecule has 0 aliphatic rings. The second kappa shape index (κ2) is 4.72. The fourth-order valence-corrected chi connectivity index (χ4v) is 1.20. The number of azide groups is 1. The molecule has 5 nitrogen and oxygen atoms in total. The molecule has 0 saturated carbocycles. The quantitative estimate of drug-likeness (QED) is 0.291. The highest BCUT2D eigenvalue weighted by Crippen LogP contribution is 2.27. The highest BCUT2D eigenvalue weighted by atomic mass is 16.5. The maximum atomic E-state index is 11.3. The first-order valence-electron chi connectivity index (χ1n) is 4.13. The summed E-state index contributed by atoms with van der Waals surface area (Å²) < 4.78 is 4.62.